The van der Waals surface area contributed by atoms with Gasteiger partial charge in [0.1, 0.15) is 6.17 Å². The number of hydrogen-bond acceptors (Lipinski definition) is 2. The molecule has 0 aromatic rings. The Kier molecular flexibility index (Phi) is 4.18. The largest absolute Gasteiger partial charge is 0.463 e. The van der Waals surface area contributed by atoms with E-state index in [-0.39, 0.29) is 12.2 Å². The fraction of sp³-hybridized carbons (Fsp3) is 0.375. The van der Waals surface area contributed by atoms with Gasteiger partial charge in [0, 0.05) is 0 Å². The Balaban J connectivity index is 4.02. The van der Waals surface area contributed by atoms with Gasteiger partial charge in [-0.2, -0.15) is 0 Å². The highest BCUT2D eigenvalue weighted by Crippen LogP contribution is 2.06. The summed E-state index contributed by atoms with van der Waals surface area (Å²) in [7, 11) is 0. The van der Waals surface area contributed by atoms with Crippen molar-refractivity contribution in [3.05, 3.63) is 24.8 Å². The molecule has 0 bridgehead atoms. The third kappa shape index (κ3) is 2.98. The summed E-state index contributed by atoms with van der Waals surface area (Å²) in [5, 5.41) is 0. The molecular formula is C8H11FO2. The Labute approximate surface area is 65.4 Å². The normalized spacial score (nSPS) is 11.8. The lowest BCUT2D eigenvalue weighted by Crippen LogP contribution is -2.13. The average Bonchev–Trinajstić information content (AvgIpc) is 2.02. The smallest absolute Gasteiger partial charge is 0.336 e. The minimum atomic E-state index is -1.51. The van der Waals surface area contributed by atoms with E-state index in [1.54, 1.807) is 6.92 Å². The molecule has 0 rings (SSSR count). The van der Waals surface area contributed by atoms with Gasteiger partial charge < -0.3 is 4.74 Å². The number of carbonyl (C=O) groups excluding carboxylic acids is 1. The quantitative estimate of drug-likeness (QED) is 0.353. The van der Waals surface area contributed by atoms with E-state index in [4.69, 9.17) is 0 Å². The molecule has 0 saturated heterocycles. The third-order valence-corrected chi connectivity index (χ3v) is 1.08. The van der Waals surface area contributed by atoms with Gasteiger partial charge in [-0.1, -0.05) is 19.2 Å². The molecular weight excluding hydrogens is 147 g/mol. The van der Waals surface area contributed by atoms with Crippen molar-refractivity contribution in [2.45, 2.75) is 13.1 Å². The van der Waals surface area contributed by atoms with Crippen LogP contribution < -0.4 is 0 Å². The Morgan fingerprint density at radius 2 is 2.36 bits per heavy atom. The molecule has 0 aliphatic rings. The summed E-state index contributed by atoms with van der Waals surface area (Å²) in [6, 6.07) is 0. The van der Waals surface area contributed by atoms with E-state index >= 15 is 0 Å². The molecule has 2 nitrogen and oxygen atoms in total. The van der Waals surface area contributed by atoms with Gasteiger partial charge in [-0.05, 0) is 6.92 Å². The molecule has 1 unspecified atom stereocenters. The first-order chi connectivity index (χ1) is 5.13. The number of carbonyl (C=O) groups is 1. The van der Waals surface area contributed by atoms with E-state index in [1.165, 1.54) is 0 Å². The Bertz CT molecular complexity index is 175. The van der Waals surface area contributed by atoms with Crippen molar-refractivity contribution < 1.29 is 13.9 Å². The molecule has 0 heterocycles. The van der Waals surface area contributed by atoms with Gasteiger partial charge in [-0.3, -0.25) is 0 Å². The molecule has 11 heavy (non-hydrogen) atoms. The lowest BCUT2D eigenvalue weighted by atomic mass is 10.2. The minimum Gasteiger partial charge on any atom is -0.463 e. The monoisotopic (exact) mass is 158 g/mol. The second kappa shape index (κ2) is 4.66. The van der Waals surface area contributed by atoms with Crippen molar-refractivity contribution in [2.24, 2.45) is 0 Å². The zero-order chi connectivity index (χ0) is 8.85. The van der Waals surface area contributed by atoms with Crippen LogP contribution in [0, 0.1) is 0 Å². The molecule has 3 heteroatoms. The first-order valence-electron chi connectivity index (χ1n) is 3.26. The van der Waals surface area contributed by atoms with E-state index in [1.807, 2.05) is 0 Å². The average molecular weight is 158 g/mol. The molecule has 62 valence electrons. The van der Waals surface area contributed by atoms with Crippen molar-refractivity contribution in [2.75, 3.05) is 6.61 Å². The molecule has 0 aromatic heterocycles. The number of ether oxygens (including phenoxy) is 1. The third-order valence-electron chi connectivity index (χ3n) is 1.08. The van der Waals surface area contributed by atoms with Crippen LogP contribution >= 0.6 is 0 Å². The van der Waals surface area contributed by atoms with E-state index in [0.29, 0.717) is 0 Å². The minimum absolute atomic E-state index is 0.207. The summed E-state index contributed by atoms with van der Waals surface area (Å²) in [4.78, 5) is 10.7. The van der Waals surface area contributed by atoms with Crippen molar-refractivity contribution in [3.63, 3.8) is 0 Å². The first-order valence-corrected chi connectivity index (χ1v) is 3.26. The van der Waals surface area contributed by atoms with E-state index in [0.717, 1.165) is 6.08 Å². The Morgan fingerprint density at radius 3 is 2.73 bits per heavy atom. The molecule has 0 N–H and O–H groups in total. The first kappa shape index (κ1) is 9.88. The van der Waals surface area contributed by atoms with Crippen LogP contribution in [0.15, 0.2) is 24.8 Å². The molecule has 0 radical (unpaired) electrons. The summed E-state index contributed by atoms with van der Waals surface area (Å²) in [5.41, 5.74) is -0.207. The maximum absolute atomic E-state index is 12.6. The van der Waals surface area contributed by atoms with Crippen molar-refractivity contribution in [3.8, 4) is 0 Å². The molecule has 0 spiro atoms. The number of allylic oxidation sites excluding steroid dienone is 1. The van der Waals surface area contributed by atoms with Crippen LogP contribution in [0.4, 0.5) is 4.39 Å². The van der Waals surface area contributed by atoms with Crippen LogP contribution in [-0.4, -0.2) is 18.7 Å². The predicted molar refractivity (Wildman–Crippen MR) is 40.9 cm³/mol. The highest BCUT2D eigenvalue weighted by Gasteiger charge is 2.15. The SMILES string of the molecule is C=CC(F)C(=C)C(=O)OCC. The van der Waals surface area contributed by atoms with Gasteiger partial charge >= 0.3 is 5.97 Å². The van der Waals surface area contributed by atoms with Gasteiger partial charge in [0.2, 0.25) is 0 Å². The molecule has 0 aliphatic carbocycles. The second-order valence-electron chi connectivity index (χ2n) is 1.88. The molecule has 0 amide bonds. The molecule has 0 aliphatic heterocycles. The Hall–Kier alpha value is -1.12. The summed E-state index contributed by atoms with van der Waals surface area (Å²) in [6.07, 6.45) is -0.506. The summed E-state index contributed by atoms with van der Waals surface area (Å²) >= 11 is 0. The fourth-order valence-electron chi connectivity index (χ4n) is 0.479. The van der Waals surface area contributed by atoms with Crippen LogP contribution in [0.1, 0.15) is 6.92 Å². The highest BCUT2D eigenvalue weighted by molar-refractivity contribution is 5.89. The van der Waals surface area contributed by atoms with E-state index in [9.17, 15) is 9.18 Å². The van der Waals surface area contributed by atoms with E-state index < -0.39 is 12.1 Å². The van der Waals surface area contributed by atoms with Crippen molar-refractivity contribution >= 4 is 5.97 Å². The van der Waals surface area contributed by atoms with Crippen LogP contribution in [0.2, 0.25) is 0 Å². The topological polar surface area (TPSA) is 26.3 Å². The van der Waals surface area contributed by atoms with E-state index in [2.05, 4.69) is 17.9 Å². The molecule has 1 atom stereocenters. The zero-order valence-electron chi connectivity index (χ0n) is 6.47. The number of rotatable bonds is 4. The summed E-state index contributed by atoms with van der Waals surface area (Å²) in [6.45, 7) is 8.27. The maximum atomic E-state index is 12.6. The summed E-state index contributed by atoms with van der Waals surface area (Å²) < 4.78 is 17.1. The van der Waals surface area contributed by atoms with Crippen molar-refractivity contribution in [1.82, 2.24) is 0 Å². The van der Waals surface area contributed by atoms with Gasteiger partial charge in [-0.15, -0.1) is 0 Å². The van der Waals surface area contributed by atoms with Gasteiger partial charge in [0.05, 0.1) is 12.2 Å². The summed E-state index contributed by atoms with van der Waals surface area (Å²) in [5.74, 6) is -0.708. The number of alkyl halides is 1. The van der Waals surface area contributed by atoms with Crippen molar-refractivity contribution in [1.29, 1.82) is 0 Å². The number of hydrogen-bond donors (Lipinski definition) is 0. The molecule has 0 fully saturated rings. The number of halogens is 1. The Morgan fingerprint density at radius 1 is 1.82 bits per heavy atom. The lowest BCUT2D eigenvalue weighted by molar-refractivity contribution is -0.139. The standard InChI is InChI=1S/C8H11FO2/c1-4-7(9)6(3)8(10)11-5-2/h4,7H,1,3,5H2,2H3. The lowest BCUT2D eigenvalue weighted by Gasteiger charge is -2.05. The number of esters is 1. The van der Waals surface area contributed by atoms with Gasteiger partial charge in [0.15, 0.2) is 0 Å². The maximum Gasteiger partial charge on any atom is 0.336 e. The van der Waals surface area contributed by atoms with Crippen LogP contribution in [0.25, 0.3) is 0 Å². The predicted octanol–water partition coefficient (Wildman–Crippen LogP) is 1.63. The van der Waals surface area contributed by atoms with Crippen LogP contribution in [-0.2, 0) is 9.53 Å². The van der Waals surface area contributed by atoms with Gasteiger partial charge in [0.25, 0.3) is 0 Å². The van der Waals surface area contributed by atoms with Crippen LogP contribution in [0.3, 0.4) is 0 Å². The van der Waals surface area contributed by atoms with Crippen LogP contribution in [0.5, 0.6) is 0 Å². The molecule has 0 saturated carbocycles. The zero-order valence-corrected chi connectivity index (χ0v) is 6.47. The second-order valence-corrected chi connectivity index (χ2v) is 1.88. The molecule has 0 aromatic carbocycles. The highest BCUT2D eigenvalue weighted by atomic mass is 19.1. The van der Waals surface area contributed by atoms with Gasteiger partial charge in [-0.25, -0.2) is 9.18 Å². The fourth-order valence-corrected chi connectivity index (χ4v) is 0.479.